The molecular formula is C18H28O2Si. The lowest BCUT2D eigenvalue weighted by Gasteiger charge is -2.18. The molecule has 0 aliphatic carbocycles. The summed E-state index contributed by atoms with van der Waals surface area (Å²) in [5.74, 6) is 1.16. The Hall–Kier alpha value is -0.903. The molecule has 1 aromatic carbocycles. The molecule has 0 unspecified atom stereocenters. The summed E-state index contributed by atoms with van der Waals surface area (Å²) in [5.41, 5.74) is 1.24. The number of allylic oxidation sites excluding steroid dienone is 1. The normalized spacial score (nSPS) is 24.4. The van der Waals surface area contributed by atoms with Gasteiger partial charge in [-0.3, -0.25) is 0 Å². The molecule has 2 atom stereocenters. The molecule has 116 valence electrons. The maximum Gasteiger partial charge on any atom is 0.214 e. The molecule has 1 fully saturated rings. The minimum Gasteiger partial charge on any atom is -0.413 e. The molecule has 21 heavy (non-hydrogen) atoms. The van der Waals surface area contributed by atoms with Crippen molar-refractivity contribution in [1.82, 2.24) is 0 Å². The Morgan fingerprint density at radius 3 is 2.67 bits per heavy atom. The van der Waals surface area contributed by atoms with Crippen LogP contribution in [-0.4, -0.2) is 21.5 Å². The molecule has 0 N–H and O–H groups in total. The van der Waals surface area contributed by atoms with Gasteiger partial charge in [-0.15, -0.1) is 0 Å². The van der Waals surface area contributed by atoms with E-state index in [4.69, 9.17) is 9.16 Å². The van der Waals surface area contributed by atoms with Crippen LogP contribution in [0.4, 0.5) is 0 Å². The highest BCUT2D eigenvalue weighted by molar-refractivity contribution is 6.79. The van der Waals surface area contributed by atoms with E-state index in [1.807, 2.05) is 6.07 Å². The molecule has 3 heteroatoms. The number of ether oxygens (including phenoxy) is 1. The lowest BCUT2D eigenvalue weighted by Crippen LogP contribution is -2.27. The summed E-state index contributed by atoms with van der Waals surface area (Å²) in [6.45, 7) is 11.6. The van der Waals surface area contributed by atoms with Gasteiger partial charge < -0.3 is 9.16 Å². The minimum absolute atomic E-state index is 0.554. The lowest BCUT2D eigenvalue weighted by molar-refractivity contribution is 0.0928. The molecular weight excluding hydrogens is 276 g/mol. The summed E-state index contributed by atoms with van der Waals surface area (Å²) in [7, 11) is -1.56. The van der Waals surface area contributed by atoms with Crippen molar-refractivity contribution in [2.24, 2.45) is 11.8 Å². The largest absolute Gasteiger partial charge is 0.413 e. The predicted octanol–water partition coefficient (Wildman–Crippen LogP) is 4.57. The first kappa shape index (κ1) is 16.5. The van der Waals surface area contributed by atoms with Crippen LogP contribution >= 0.6 is 0 Å². The Labute approximate surface area is 130 Å². The van der Waals surface area contributed by atoms with Crippen molar-refractivity contribution in [3.05, 3.63) is 47.2 Å². The van der Waals surface area contributed by atoms with Gasteiger partial charge in [-0.25, -0.2) is 0 Å². The van der Waals surface area contributed by atoms with Crippen LogP contribution in [0.25, 0.3) is 0 Å². The first-order valence-corrected chi connectivity index (χ1v) is 10.9. The second-order valence-corrected chi connectivity index (χ2v) is 10.6. The average molecular weight is 305 g/mol. The van der Waals surface area contributed by atoms with E-state index < -0.39 is 8.32 Å². The first-order chi connectivity index (χ1) is 9.99. The third-order valence-electron chi connectivity index (χ3n) is 4.17. The average Bonchev–Trinajstić information content (AvgIpc) is 2.71. The third-order valence-corrected chi connectivity index (χ3v) is 7.15. The molecule has 0 saturated carbocycles. The number of hydrogen-bond donors (Lipinski definition) is 0. The van der Waals surface area contributed by atoms with E-state index in [2.05, 4.69) is 57.3 Å². The number of benzene rings is 1. The van der Waals surface area contributed by atoms with Crippen molar-refractivity contribution in [2.75, 3.05) is 13.2 Å². The smallest absolute Gasteiger partial charge is 0.214 e. The van der Waals surface area contributed by atoms with Crippen LogP contribution < -0.4 is 0 Å². The molecule has 2 nitrogen and oxygen atoms in total. The van der Waals surface area contributed by atoms with E-state index in [1.54, 1.807) is 5.20 Å². The van der Waals surface area contributed by atoms with Crippen LogP contribution in [0.1, 0.15) is 25.8 Å². The summed E-state index contributed by atoms with van der Waals surface area (Å²) in [6, 6.07) is 10.4. The van der Waals surface area contributed by atoms with Gasteiger partial charge in [0.15, 0.2) is 0 Å². The highest BCUT2D eigenvalue weighted by Crippen LogP contribution is 2.32. The van der Waals surface area contributed by atoms with Gasteiger partial charge in [-0.1, -0.05) is 55.5 Å². The van der Waals surface area contributed by atoms with Gasteiger partial charge in [0, 0.05) is 13.2 Å². The first-order valence-electron chi connectivity index (χ1n) is 7.95. The molecule has 1 aliphatic rings. The summed E-state index contributed by atoms with van der Waals surface area (Å²) >= 11 is 0. The maximum absolute atomic E-state index is 5.98. The molecule has 0 radical (unpaired) electrons. The van der Waals surface area contributed by atoms with Crippen molar-refractivity contribution in [3.8, 4) is 0 Å². The number of hydrogen-bond acceptors (Lipinski definition) is 2. The second kappa shape index (κ2) is 7.39. The van der Waals surface area contributed by atoms with Crippen molar-refractivity contribution in [3.63, 3.8) is 0 Å². The highest BCUT2D eigenvalue weighted by Gasteiger charge is 2.37. The second-order valence-electron chi connectivity index (χ2n) is 6.72. The highest BCUT2D eigenvalue weighted by atomic mass is 28.4. The van der Waals surface area contributed by atoms with Crippen LogP contribution in [0.3, 0.4) is 0 Å². The molecule has 1 saturated heterocycles. The zero-order chi connectivity index (χ0) is 15.3. The van der Waals surface area contributed by atoms with Gasteiger partial charge in [-0.2, -0.15) is 0 Å². The SMILES string of the molecule is C[C@H](C/C=C1\[C@@H](C)CO[Si]1(C)C)COCc1ccccc1. The Balaban J connectivity index is 1.76. The van der Waals surface area contributed by atoms with Crippen molar-refractivity contribution >= 4 is 8.32 Å². The fourth-order valence-corrected chi connectivity index (χ4v) is 5.61. The topological polar surface area (TPSA) is 18.5 Å². The van der Waals surface area contributed by atoms with Crippen molar-refractivity contribution in [2.45, 2.75) is 40.0 Å². The van der Waals surface area contributed by atoms with E-state index >= 15 is 0 Å². The van der Waals surface area contributed by atoms with E-state index in [9.17, 15) is 0 Å². The lowest BCUT2D eigenvalue weighted by atomic mass is 10.1. The molecule has 0 spiro atoms. The van der Waals surface area contributed by atoms with Crippen LogP contribution in [0.2, 0.25) is 13.1 Å². The van der Waals surface area contributed by atoms with Gasteiger partial charge in [0.1, 0.15) is 0 Å². The van der Waals surface area contributed by atoms with Crippen LogP contribution in [0.5, 0.6) is 0 Å². The molecule has 1 heterocycles. The van der Waals surface area contributed by atoms with Gasteiger partial charge in [0.05, 0.1) is 6.61 Å². The maximum atomic E-state index is 5.98. The van der Waals surface area contributed by atoms with Gasteiger partial charge in [-0.05, 0) is 36.9 Å². The monoisotopic (exact) mass is 304 g/mol. The summed E-state index contributed by atoms with van der Waals surface area (Å²) in [4.78, 5) is 0. The zero-order valence-corrected chi connectivity index (χ0v) is 14.8. The van der Waals surface area contributed by atoms with Crippen molar-refractivity contribution < 1.29 is 9.16 Å². The quantitative estimate of drug-likeness (QED) is 0.717. The van der Waals surface area contributed by atoms with E-state index in [-0.39, 0.29) is 0 Å². The van der Waals surface area contributed by atoms with Gasteiger partial charge in [0.2, 0.25) is 8.32 Å². The van der Waals surface area contributed by atoms with E-state index in [0.717, 1.165) is 19.6 Å². The van der Waals surface area contributed by atoms with Gasteiger partial charge in [0.25, 0.3) is 0 Å². The molecule has 1 aromatic rings. The molecule has 0 bridgehead atoms. The molecule has 0 aromatic heterocycles. The standard InChI is InChI=1S/C18H28O2Si/c1-15(12-19-14-17-8-6-5-7-9-17)10-11-18-16(2)13-20-21(18,3)4/h5-9,11,15-16H,10,12-14H2,1-4H3/b18-11+/t15-,16+/m1/s1. The van der Waals surface area contributed by atoms with Gasteiger partial charge >= 0.3 is 0 Å². The fourth-order valence-electron chi connectivity index (χ4n) is 2.90. The Morgan fingerprint density at radius 2 is 2.05 bits per heavy atom. The Kier molecular flexibility index (Phi) is 5.79. The van der Waals surface area contributed by atoms with E-state index in [0.29, 0.717) is 18.4 Å². The zero-order valence-electron chi connectivity index (χ0n) is 13.8. The van der Waals surface area contributed by atoms with Crippen molar-refractivity contribution in [1.29, 1.82) is 0 Å². The minimum atomic E-state index is -1.56. The van der Waals surface area contributed by atoms with Crippen LogP contribution in [0, 0.1) is 11.8 Å². The summed E-state index contributed by atoms with van der Waals surface area (Å²) in [5, 5.41) is 1.58. The Bertz CT molecular complexity index is 467. The van der Waals surface area contributed by atoms with E-state index in [1.165, 1.54) is 5.56 Å². The predicted molar refractivity (Wildman–Crippen MR) is 90.6 cm³/mol. The fraction of sp³-hybridized carbons (Fsp3) is 0.556. The van der Waals surface area contributed by atoms with Crippen LogP contribution in [0.15, 0.2) is 41.6 Å². The third kappa shape index (κ3) is 4.80. The summed E-state index contributed by atoms with van der Waals surface area (Å²) in [6.07, 6.45) is 3.52. The Morgan fingerprint density at radius 1 is 1.33 bits per heavy atom. The summed E-state index contributed by atoms with van der Waals surface area (Å²) < 4.78 is 11.8. The van der Waals surface area contributed by atoms with Crippen LogP contribution in [-0.2, 0) is 15.8 Å². The molecule has 2 rings (SSSR count). The molecule has 1 aliphatic heterocycles. The molecule has 0 amide bonds. The number of rotatable bonds is 6.